The quantitative estimate of drug-likeness (QED) is 0.756. The van der Waals surface area contributed by atoms with Crippen molar-refractivity contribution in [2.75, 3.05) is 5.32 Å². The standard InChI is InChI=1S/C11H9F2NO/c12-6-3-7-9(5-1-2-5)11(15)14-10(7)8(13)4-6/h3-5,9H,1-2H2,(H,14,15). The lowest BCUT2D eigenvalue weighted by Crippen LogP contribution is -2.13. The first-order valence-corrected chi connectivity index (χ1v) is 4.96. The molecule has 2 aliphatic rings. The number of anilines is 1. The Morgan fingerprint density at radius 2 is 2.00 bits per heavy atom. The SMILES string of the molecule is O=C1Nc2c(F)cc(F)cc2C1C1CC1. The van der Waals surface area contributed by atoms with E-state index in [0.717, 1.165) is 18.9 Å². The largest absolute Gasteiger partial charge is 0.323 e. The summed E-state index contributed by atoms with van der Waals surface area (Å²) in [5.41, 5.74) is 0.651. The summed E-state index contributed by atoms with van der Waals surface area (Å²) in [6.07, 6.45) is 1.94. The molecule has 4 heteroatoms. The minimum atomic E-state index is -0.679. The molecule has 1 atom stereocenters. The first-order chi connectivity index (χ1) is 7.16. The van der Waals surface area contributed by atoms with E-state index < -0.39 is 11.6 Å². The molecule has 1 heterocycles. The molecule has 0 bridgehead atoms. The number of amides is 1. The summed E-state index contributed by atoms with van der Waals surface area (Å²) < 4.78 is 26.4. The van der Waals surface area contributed by atoms with Crippen molar-refractivity contribution in [1.82, 2.24) is 0 Å². The predicted octanol–water partition coefficient (Wildman–Crippen LogP) is 2.41. The fraction of sp³-hybridized carbons (Fsp3) is 0.364. The highest BCUT2D eigenvalue weighted by Crippen LogP contribution is 2.48. The van der Waals surface area contributed by atoms with Crippen molar-refractivity contribution in [1.29, 1.82) is 0 Å². The topological polar surface area (TPSA) is 29.1 Å². The maximum Gasteiger partial charge on any atom is 0.232 e. The number of benzene rings is 1. The van der Waals surface area contributed by atoms with E-state index in [-0.39, 0.29) is 23.4 Å². The number of nitrogens with one attached hydrogen (secondary N) is 1. The maximum absolute atomic E-state index is 13.3. The van der Waals surface area contributed by atoms with E-state index in [1.165, 1.54) is 6.07 Å². The second-order valence-corrected chi connectivity index (χ2v) is 4.16. The normalized spacial score (nSPS) is 23.9. The van der Waals surface area contributed by atoms with E-state index in [2.05, 4.69) is 5.32 Å². The molecule has 1 aromatic carbocycles. The summed E-state index contributed by atoms with van der Waals surface area (Å²) in [7, 11) is 0. The molecule has 0 spiro atoms. The van der Waals surface area contributed by atoms with Crippen molar-refractivity contribution in [2.45, 2.75) is 18.8 Å². The van der Waals surface area contributed by atoms with Gasteiger partial charge < -0.3 is 5.32 Å². The fourth-order valence-corrected chi connectivity index (χ4v) is 2.21. The van der Waals surface area contributed by atoms with Crippen LogP contribution in [0.1, 0.15) is 24.3 Å². The Morgan fingerprint density at radius 3 is 2.67 bits per heavy atom. The van der Waals surface area contributed by atoms with Crippen LogP contribution in [0.3, 0.4) is 0 Å². The minimum absolute atomic E-state index is 0.165. The third-order valence-electron chi connectivity index (χ3n) is 3.04. The van der Waals surface area contributed by atoms with Crippen LogP contribution >= 0.6 is 0 Å². The molecule has 1 saturated carbocycles. The molecule has 0 aromatic heterocycles. The number of fused-ring (bicyclic) bond motifs is 1. The minimum Gasteiger partial charge on any atom is -0.323 e. The highest BCUT2D eigenvalue weighted by molar-refractivity contribution is 6.03. The summed E-state index contributed by atoms with van der Waals surface area (Å²) in [6.45, 7) is 0. The van der Waals surface area contributed by atoms with Gasteiger partial charge in [-0.15, -0.1) is 0 Å². The monoisotopic (exact) mass is 209 g/mol. The Kier molecular flexibility index (Phi) is 1.63. The molecule has 0 saturated heterocycles. The third kappa shape index (κ3) is 1.24. The second-order valence-electron chi connectivity index (χ2n) is 4.16. The molecule has 3 rings (SSSR count). The van der Waals surface area contributed by atoms with Crippen LogP contribution in [0.4, 0.5) is 14.5 Å². The molecule has 1 amide bonds. The fourth-order valence-electron chi connectivity index (χ4n) is 2.21. The van der Waals surface area contributed by atoms with Gasteiger partial charge in [0.05, 0.1) is 11.6 Å². The summed E-state index contributed by atoms with van der Waals surface area (Å²) in [5, 5.41) is 2.48. The van der Waals surface area contributed by atoms with Gasteiger partial charge in [-0.3, -0.25) is 4.79 Å². The van der Waals surface area contributed by atoms with Crippen LogP contribution in [0.2, 0.25) is 0 Å². The second kappa shape index (κ2) is 2.78. The molecule has 1 aromatic rings. The summed E-state index contributed by atoms with van der Waals surface area (Å²) in [6, 6.07) is 2.06. The van der Waals surface area contributed by atoms with Gasteiger partial charge in [-0.05, 0) is 30.4 Å². The number of carbonyl (C=O) groups is 1. The number of hydrogen-bond donors (Lipinski definition) is 1. The third-order valence-corrected chi connectivity index (χ3v) is 3.04. The average Bonchev–Trinajstić information content (AvgIpc) is 2.91. The van der Waals surface area contributed by atoms with E-state index in [0.29, 0.717) is 5.56 Å². The molecule has 1 unspecified atom stereocenters. The van der Waals surface area contributed by atoms with Gasteiger partial charge in [0, 0.05) is 6.07 Å². The van der Waals surface area contributed by atoms with E-state index >= 15 is 0 Å². The average molecular weight is 209 g/mol. The lowest BCUT2D eigenvalue weighted by molar-refractivity contribution is -0.117. The molecule has 1 aliphatic carbocycles. The van der Waals surface area contributed by atoms with Gasteiger partial charge >= 0.3 is 0 Å². The summed E-state index contributed by atoms with van der Waals surface area (Å²) in [5.74, 6) is -1.57. The number of halogens is 2. The van der Waals surface area contributed by atoms with Crippen molar-refractivity contribution in [3.05, 3.63) is 29.3 Å². The molecule has 1 N–H and O–H groups in total. The summed E-state index contributed by atoms with van der Waals surface area (Å²) in [4.78, 5) is 11.6. The Balaban J connectivity index is 2.14. The van der Waals surface area contributed by atoms with Crippen LogP contribution in [-0.4, -0.2) is 5.91 Å². The Morgan fingerprint density at radius 1 is 1.27 bits per heavy atom. The van der Waals surface area contributed by atoms with Crippen molar-refractivity contribution in [3.8, 4) is 0 Å². The molecule has 1 fully saturated rings. The van der Waals surface area contributed by atoms with Crippen molar-refractivity contribution in [3.63, 3.8) is 0 Å². The smallest absolute Gasteiger partial charge is 0.232 e. The molecule has 78 valence electrons. The number of rotatable bonds is 1. The van der Waals surface area contributed by atoms with Crippen molar-refractivity contribution < 1.29 is 13.6 Å². The molecule has 15 heavy (non-hydrogen) atoms. The lowest BCUT2D eigenvalue weighted by Gasteiger charge is -2.06. The van der Waals surface area contributed by atoms with Gasteiger partial charge in [-0.1, -0.05) is 0 Å². The van der Waals surface area contributed by atoms with Crippen LogP contribution in [0, 0.1) is 17.6 Å². The van der Waals surface area contributed by atoms with Crippen LogP contribution in [0.15, 0.2) is 12.1 Å². The molecular formula is C11H9F2NO. The van der Waals surface area contributed by atoms with Gasteiger partial charge in [-0.25, -0.2) is 8.78 Å². The molecule has 2 nitrogen and oxygen atoms in total. The lowest BCUT2D eigenvalue weighted by atomic mass is 9.95. The zero-order chi connectivity index (χ0) is 10.6. The summed E-state index contributed by atoms with van der Waals surface area (Å²) >= 11 is 0. The highest BCUT2D eigenvalue weighted by atomic mass is 19.1. The van der Waals surface area contributed by atoms with Crippen LogP contribution in [-0.2, 0) is 4.79 Å². The Labute approximate surface area is 85.3 Å². The Hall–Kier alpha value is -1.45. The van der Waals surface area contributed by atoms with Crippen LogP contribution < -0.4 is 5.32 Å². The molecule has 0 radical (unpaired) electrons. The Bertz CT molecular complexity index is 454. The molecular weight excluding hydrogens is 200 g/mol. The molecule has 1 aliphatic heterocycles. The zero-order valence-corrected chi connectivity index (χ0v) is 7.89. The van der Waals surface area contributed by atoms with E-state index in [1.807, 2.05) is 0 Å². The van der Waals surface area contributed by atoms with Crippen molar-refractivity contribution in [2.24, 2.45) is 5.92 Å². The van der Waals surface area contributed by atoms with Gasteiger partial charge in [-0.2, -0.15) is 0 Å². The van der Waals surface area contributed by atoms with Gasteiger partial charge in [0.25, 0.3) is 0 Å². The number of carbonyl (C=O) groups excluding carboxylic acids is 1. The highest BCUT2D eigenvalue weighted by Gasteiger charge is 2.43. The van der Waals surface area contributed by atoms with E-state index in [1.54, 1.807) is 0 Å². The van der Waals surface area contributed by atoms with E-state index in [9.17, 15) is 13.6 Å². The first kappa shape index (κ1) is 8.83. The number of hydrogen-bond acceptors (Lipinski definition) is 1. The first-order valence-electron chi connectivity index (χ1n) is 4.96. The van der Waals surface area contributed by atoms with Crippen molar-refractivity contribution >= 4 is 11.6 Å². The van der Waals surface area contributed by atoms with Gasteiger partial charge in [0.2, 0.25) is 5.91 Å². The maximum atomic E-state index is 13.3. The van der Waals surface area contributed by atoms with Crippen LogP contribution in [0.5, 0.6) is 0 Å². The van der Waals surface area contributed by atoms with Gasteiger partial charge in [0.1, 0.15) is 11.6 Å². The zero-order valence-electron chi connectivity index (χ0n) is 7.89. The predicted molar refractivity (Wildman–Crippen MR) is 50.5 cm³/mol. The van der Waals surface area contributed by atoms with Crippen LogP contribution in [0.25, 0.3) is 0 Å². The van der Waals surface area contributed by atoms with E-state index in [4.69, 9.17) is 0 Å². The van der Waals surface area contributed by atoms with Gasteiger partial charge in [0.15, 0.2) is 0 Å².